The molecule has 1 aliphatic carbocycles. The zero-order valence-electron chi connectivity index (χ0n) is 10.2. The van der Waals surface area contributed by atoms with E-state index in [2.05, 4.69) is 15.1 Å². The number of nitrogens with zero attached hydrogens (tertiary/aromatic N) is 4. The number of aliphatic hydroxyl groups excluding tert-OH is 1. The third kappa shape index (κ3) is 1.97. The molecule has 0 amide bonds. The third-order valence-corrected chi connectivity index (χ3v) is 3.80. The summed E-state index contributed by atoms with van der Waals surface area (Å²) in [6.07, 6.45) is 5.06. The maximum absolute atomic E-state index is 9.56. The van der Waals surface area contributed by atoms with Gasteiger partial charge in [0, 0.05) is 6.20 Å². The maximum atomic E-state index is 9.56. The van der Waals surface area contributed by atoms with Gasteiger partial charge >= 0.3 is 0 Å². The summed E-state index contributed by atoms with van der Waals surface area (Å²) in [7, 11) is 0. The van der Waals surface area contributed by atoms with E-state index in [1.165, 1.54) is 0 Å². The number of aliphatic hydroxyl groups is 1. The summed E-state index contributed by atoms with van der Waals surface area (Å²) in [5.74, 6) is 0. The molecule has 0 atom stereocenters. The number of hydrogen-bond donors (Lipinski definition) is 1. The van der Waals surface area contributed by atoms with E-state index in [0.717, 1.165) is 42.4 Å². The van der Waals surface area contributed by atoms with Crippen molar-refractivity contribution >= 4 is 22.6 Å². The topological polar surface area (TPSA) is 63.8 Å². The van der Waals surface area contributed by atoms with E-state index in [9.17, 15) is 5.11 Å². The molecule has 0 radical (unpaired) electrons. The van der Waals surface area contributed by atoms with Crippen LogP contribution in [-0.2, 0) is 0 Å². The van der Waals surface area contributed by atoms with Crippen LogP contribution >= 0.6 is 11.6 Å². The number of fused-ring (bicyclic) bond motifs is 1. The second kappa shape index (κ2) is 4.48. The van der Waals surface area contributed by atoms with E-state index in [-0.39, 0.29) is 11.4 Å². The van der Waals surface area contributed by atoms with Gasteiger partial charge in [0.25, 0.3) is 0 Å². The molecule has 2 aromatic heterocycles. The van der Waals surface area contributed by atoms with Gasteiger partial charge < -0.3 is 5.11 Å². The number of aryl methyl sites for hydroxylation is 1. The molecule has 1 aliphatic rings. The number of aromatic nitrogens is 4. The monoisotopic (exact) mass is 266 g/mol. The lowest BCUT2D eigenvalue weighted by Crippen LogP contribution is -2.22. The Balaban J connectivity index is 2.03. The zero-order chi connectivity index (χ0) is 12.7. The van der Waals surface area contributed by atoms with Crippen molar-refractivity contribution < 1.29 is 5.11 Å². The quantitative estimate of drug-likeness (QED) is 0.804. The smallest absolute Gasteiger partial charge is 0.224 e. The van der Waals surface area contributed by atoms with Crippen LogP contribution in [0.3, 0.4) is 0 Å². The highest BCUT2D eigenvalue weighted by Gasteiger charge is 2.24. The normalized spacial score (nSPS) is 24.6. The van der Waals surface area contributed by atoms with Crippen molar-refractivity contribution in [3.63, 3.8) is 0 Å². The molecule has 0 aliphatic heterocycles. The Hall–Kier alpha value is -1.20. The van der Waals surface area contributed by atoms with Gasteiger partial charge in [-0.2, -0.15) is 10.1 Å². The highest BCUT2D eigenvalue weighted by molar-refractivity contribution is 6.28. The van der Waals surface area contributed by atoms with Gasteiger partial charge in [-0.15, -0.1) is 0 Å². The lowest BCUT2D eigenvalue weighted by atomic mass is 9.93. The van der Waals surface area contributed by atoms with Crippen LogP contribution in [0.25, 0.3) is 11.0 Å². The summed E-state index contributed by atoms with van der Waals surface area (Å²) >= 11 is 5.86. The van der Waals surface area contributed by atoms with Gasteiger partial charge in [0.15, 0.2) is 5.65 Å². The average molecular weight is 267 g/mol. The van der Waals surface area contributed by atoms with Crippen molar-refractivity contribution in [3.8, 4) is 0 Å². The molecule has 2 heterocycles. The summed E-state index contributed by atoms with van der Waals surface area (Å²) in [4.78, 5) is 8.28. The molecule has 96 valence electrons. The summed E-state index contributed by atoms with van der Waals surface area (Å²) in [5.41, 5.74) is 1.72. The SMILES string of the molecule is Cc1nn([C@H]2CC[C@@H](O)CC2)c2nc(Cl)ncc12. The molecule has 3 rings (SSSR count). The van der Waals surface area contributed by atoms with Gasteiger partial charge in [0.05, 0.1) is 23.2 Å². The van der Waals surface area contributed by atoms with Crippen molar-refractivity contribution in [1.29, 1.82) is 0 Å². The molecule has 0 bridgehead atoms. The lowest BCUT2D eigenvalue weighted by molar-refractivity contribution is 0.109. The van der Waals surface area contributed by atoms with Crippen molar-refractivity contribution in [3.05, 3.63) is 17.2 Å². The fraction of sp³-hybridized carbons (Fsp3) is 0.583. The van der Waals surface area contributed by atoms with Gasteiger partial charge in [-0.25, -0.2) is 9.67 Å². The molecule has 0 spiro atoms. The summed E-state index contributed by atoms with van der Waals surface area (Å²) in [6.45, 7) is 1.95. The largest absolute Gasteiger partial charge is 0.393 e. The predicted octanol–water partition coefficient (Wildman–Crippen LogP) is 2.26. The molecule has 1 fully saturated rings. The molecule has 6 heteroatoms. The summed E-state index contributed by atoms with van der Waals surface area (Å²) < 4.78 is 1.95. The zero-order valence-corrected chi connectivity index (χ0v) is 10.9. The molecule has 18 heavy (non-hydrogen) atoms. The van der Waals surface area contributed by atoms with Crippen LogP contribution in [0.15, 0.2) is 6.20 Å². The molecule has 1 N–H and O–H groups in total. The first kappa shape index (κ1) is 11.9. The minimum Gasteiger partial charge on any atom is -0.393 e. The van der Waals surface area contributed by atoms with E-state index in [1.807, 2.05) is 11.6 Å². The molecule has 2 aromatic rings. The van der Waals surface area contributed by atoms with Gasteiger partial charge in [-0.05, 0) is 44.2 Å². The Kier molecular flexibility index (Phi) is 2.95. The molecular weight excluding hydrogens is 252 g/mol. The fourth-order valence-corrected chi connectivity index (χ4v) is 2.73. The van der Waals surface area contributed by atoms with Gasteiger partial charge in [0.1, 0.15) is 0 Å². The Labute approximate surface area is 110 Å². The highest BCUT2D eigenvalue weighted by atomic mass is 35.5. The first-order valence-electron chi connectivity index (χ1n) is 6.20. The maximum Gasteiger partial charge on any atom is 0.224 e. The Morgan fingerprint density at radius 3 is 2.78 bits per heavy atom. The van der Waals surface area contributed by atoms with Crippen molar-refractivity contribution in [2.45, 2.75) is 44.8 Å². The average Bonchev–Trinajstić information content (AvgIpc) is 2.67. The van der Waals surface area contributed by atoms with Crippen LogP contribution < -0.4 is 0 Å². The standard InChI is InChI=1S/C12H15ClN4O/c1-7-10-6-14-12(13)15-11(10)17(16-7)8-2-4-9(18)5-3-8/h6,8-9,18H,2-5H2,1H3/t8-,9+. The molecule has 5 nitrogen and oxygen atoms in total. The number of halogens is 1. The van der Waals surface area contributed by atoms with Crippen LogP contribution in [0, 0.1) is 6.92 Å². The van der Waals surface area contributed by atoms with Crippen LogP contribution in [0.4, 0.5) is 0 Å². The van der Waals surface area contributed by atoms with E-state index in [1.54, 1.807) is 6.20 Å². The fourth-order valence-electron chi connectivity index (χ4n) is 2.60. The highest BCUT2D eigenvalue weighted by Crippen LogP contribution is 2.31. The second-order valence-electron chi connectivity index (χ2n) is 4.87. The minimum atomic E-state index is -0.164. The van der Waals surface area contributed by atoms with E-state index >= 15 is 0 Å². The second-order valence-corrected chi connectivity index (χ2v) is 5.21. The minimum absolute atomic E-state index is 0.164. The Bertz CT molecular complexity index is 575. The van der Waals surface area contributed by atoms with Gasteiger partial charge in [0.2, 0.25) is 5.28 Å². The summed E-state index contributed by atoms with van der Waals surface area (Å²) in [5, 5.41) is 15.3. The number of rotatable bonds is 1. The Morgan fingerprint density at radius 1 is 1.33 bits per heavy atom. The van der Waals surface area contributed by atoms with E-state index in [0.29, 0.717) is 6.04 Å². The molecule has 0 saturated heterocycles. The van der Waals surface area contributed by atoms with Crippen LogP contribution in [-0.4, -0.2) is 31.0 Å². The van der Waals surface area contributed by atoms with Gasteiger partial charge in [-0.3, -0.25) is 0 Å². The molecule has 0 aromatic carbocycles. The van der Waals surface area contributed by atoms with E-state index < -0.39 is 0 Å². The third-order valence-electron chi connectivity index (χ3n) is 3.62. The molecule has 0 unspecified atom stereocenters. The predicted molar refractivity (Wildman–Crippen MR) is 68.6 cm³/mol. The summed E-state index contributed by atoms with van der Waals surface area (Å²) in [6, 6.07) is 0.301. The first-order chi connectivity index (χ1) is 8.65. The van der Waals surface area contributed by atoms with Crippen LogP contribution in [0.2, 0.25) is 5.28 Å². The van der Waals surface area contributed by atoms with E-state index in [4.69, 9.17) is 11.6 Å². The van der Waals surface area contributed by atoms with Crippen molar-refractivity contribution in [2.75, 3.05) is 0 Å². The Morgan fingerprint density at radius 2 is 2.06 bits per heavy atom. The van der Waals surface area contributed by atoms with Crippen molar-refractivity contribution in [1.82, 2.24) is 19.7 Å². The molecular formula is C12H15ClN4O. The van der Waals surface area contributed by atoms with Crippen LogP contribution in [0.1, 0.15) is 37.4 Å². The van der Waals surface area contributed by atoms with Gasteiger partial charge in [-0.1, -0.05) is 0 Å². The van der Waals surface area contributed by atoms with Crippen molar-refractivity contribution in [2.24, 2.45) is 0 Å². The first-order valence-corrected chi connectivity index (χ1v) is 6.58. The number of hydrogen-bond acceptors (Lipinski definition) is 4. The lowest BCUT2D eigenvalue weighted by Gasteiger charge is -2.25. The van der Waals surface area contributed by atoms with Crippen LogP contribution in [0.5, 0.6) is 0 Å². The molecule has 1 saturated carbocycles.